The Labute approximate surface area is 136 Å². The summed E-state index contributed by atoms with van der Waals surface area (Å²) in [6, 6.07) is -4.27. The van der Waals surface area contributed by atoms with Gasteiger partial charge in [0.05, 0.1) is 18.9 Å². The minimum absolute atomic E-state index is 0.0342. The fourth-order valence-electron chi connectivity index (χ4n) is 1.42. The number of rotatable bonds is 10. The SMILES string of the molecule is NC(=O)C[C@H](NC(=O)[C@@H](N)CS)C(=O)N[C@@H](CC(=O)O)C(=O)O. The summed E-state index contributed by atoms with van der Waals surface area (Å²) in [7, 11) is 0. The van der Waals surface area contributed by atoms with Crippen molar-refractivity contribution in [2.75, 3.05) is 5.75 Å². The van der Waals surface area contributed by atoms with Crippen LogP contribution in [0.4, 0.5) is 0 Å². The summed E-state index contributed by atoms with van der Waals surface area (Å²) < 4.78 is 0. The lowest BCUT2D eigenvalue weighted by Crippen LogP contribution is -2.56. The van der Waals surface area contributed by atoms with Crippen LogP contribution in [0.1, 0.15) is 12.8 Å². The second-order valence-electron chi connectivity index (χ2n) is 4.52. The molecule has 8 N–H and O–H groups in total. The molecule has 0 rings (SSSR count). The lowest BCUT2D eigenvalue weighted by atomic mass is 10.1. The predicted molar refractivity (Wildman–Crippen MR) is 79.4 cm³/mol. The van der Waals surface area contributed by atoms with Gasteiger partial charge in [0.1, 0.15) is 12.1 Å². The van der Waals surface area contributed by atoms with E-state index in [-0.39, 0.29) is 5.75 Å². The number of thiol groups is 1. The molecule has 0 aliphatic carbocycles. The van der Waals surface area contributed by atoms with Gasteiger partial charge in [-0.3, -0.25) is 19.2 Å². The first-order chi connectivity index (χ1) is 10.6. The van der Waals surface area contributed by atoms with Crippen LogP contribution >= 0.6 is 12.6 Å². The third kappa shape index (κ3) is 8.01. The first-order valence-corrected chi connectivity index (χ1v) is 6.91. The molecule has 0 saturated carbocycles. The molecule has 0 aromatic heterocycles. The van der Waals surface area contributed by atoms with E-state index < -0.39 is 60.6 Å². The number of aliphatic carboxylic acids is 2. The second-order valence-corrected chi connectivity index (χ2v) is 4.88. The van der Waals surface area contributed by atoms with Crippen LogP contribution in [-0.2, 0) is 24.0 Å². The number of carbonyl (C=O) groups excluding carboxylic acids is 3. The Morgan fingerprint density at radius 1 is 0.957 bits per heavy atom. The van der Waals surface area contributed by atoms with E-state index in [0.717, 1.165) is 0 Å². The zero-order chi connectivity index (χ0) is 18.2. The molecule has 0 bridgehead atoms. The molecule has 0 saturated heterocycles. The lowest BCUT2D eigenvalue weighted by Gasteiger charge is -2.21. The largest absolute Gasteiger partial charge is 0.481 e. The summed E-state index contributed by atoms with van der Waals surface area (Å²) in [4.78, 5) is 56.0. The molecular weight excluding hydrogens is 332 g/mol. The van der Waals surface area contributed by atoms with E-state index in [4.69, 9.17) is 21.7 Å². The number of nitrogens with one attached hydrogen (secondary N) is 2. The van der Waals surface area contributed by atoms with Crippen molar-refractivity contribution in [3.8, 4) is 0 Å². The van der Waals surface area contributed by atoms with Gasteiger partial charge in [-0.05, 0) is 0 Å². The molecular formula is C11H18N4O7S. The highest BCUT2D eigenvalue weighted by Crippen LogP contribution is 1.99. The van der Waals surface area contributed by atoms with Crippen molar-refractivity contribution in [3.63, 3.8) is 0 Å². The van der Waals surface area contributed by atoms with Crippen LogP contribution in [0, 0.1) is 0 Å². The molecule has 3 atom stereocenters. The summed E-state index contributed by atoms with van der Waals surface area (Å²) in [5.41, 5.74) is 10.4. The van der Waals surface area contributed by atoms with Crippen molar-refractivity contribution in [1.29, 1.82) is 0 Å². The number of primary amides is 1. The van der Waals surface area contributed by atoms with E-state index >= 15 is 0 Å². The van der Waals surface area contributed by atoms with E-state index in [1.54, 1.807) is 0 Å². The molecule has 11 nitrogen and oxygen atoms in total. The van der Waals surface area contributed by atoms with Gasteiger partial charge in [0, 0.05) is 5.75 Å². The van der Waals surface area contributed by atoms with Gasteiger partial charge in [-0.1, -0.05) is 0 Å². The predicted octanol–water partition coefficient (Wildman–Crippen LogP) is -3.35. The Hall–Kier alpha value is -2.34. The summed E-state index contributed by atoms with van der Waals surface area (Å²) in [6.45, 7) is 0. The van der Waals surface area contributed by atoms with Gasteiger partial charge in [0.25, 0.3) is 0 Å². The van der Waals surface area contributed by atoms with Crippen LogP contribution in [0.5, 0.6) is 0 Å². The standard InChI is InChI=1S/C11H18N4O7S/c12-4(3-23)9(19)14-5(1-7(13)16)10(20)15-6(11(21)22)2-8(17)18/h4-6,23H,1-3,12H2,(H2,13,16)(H,14,19)(H,15,20)(H,17,18)(H,21,22)/t4-,5-,6-/m0/s1. The second kappa shape index (κ2) is 9.63. The lowest BCUT2D eigenvalue weighted by molar-refractivity contribution is -0.147. The van der Waals surface area contributed by atoms with E-state index in [0.29, 0.717) is 0 Å². The molecule has 0 spiro atoms. The van der Waals surface area contributed by atoms with Gasteiger partial charge < -0.3 is 32.3 Å². The highest BCUT2D eigenvalue weighted by atomic mass is 32.1. The third-order valence-corrected chi connectivity index (χ3v) is 2.96. The molecule has 0 aliphatic heterocycles. The summed E-state index contributed by atoms with van der Waals surface area (Å²) >= 11 is 3.80. The van der Waals surface area contributed by atoms with Crippen molar-refractivity contribution >= 4 is 42.3 Å². The molecule has 0 fully saturated rings. The number of carboxylic acid groups (broad SMARTS) is 2. The average Bonchev–Trinajstić information content (AvgIpc) is 2.43. The molecule has 23 heavy (non-hydrogen) atoms. The minimum atomic E-state index is -1.73. The zero-order valence-electron chi connectivity index (χ0n) is 11.9. The molecule has 0 heterocycles. The number of nitrogens with two attached hydrogens (primary N) is 2. The number of amides is 3. The van der Waals surface area contributed by atoms with Crippen LogP contribution in [-0.4, -0.2) is 63.8 Å². The molecule has 0 aromatic rings. The number of carboxylic acids is 2. The topological polar surface area (TPSA) is 202 Å². The Morgan fingerprint density at radius 3 is 1.87 bits per heavy atom. The van der Waals surface area contributed by atoms with Crippen molar-refractivity contribution < 1.29 is 34.2 Å². The molecule has 3 amide bonds. The van der Waals surface area contributed by atoms with E-state index in [1.165, 1.54) is 0 Å². The van der Waals surface area contributed by atoms with E-state index in [1.807, 2.05) is 5.32 Å². The molecule has 12 heteroatoms. The maximum atomic E-state index is 12.0. The fraction of sp³-hybridized carbons (Fsp3) is 0.545. The van der Waals surface area contributed by atoms with E-state index in [9.17, 15) is 24.0 Å². The fourth-order valence-corrected chi connectivity index (χ4v) is 1.58. The van der Waals surface area contributed by atoms with Crippen molar-refractivity contribution in [2.24, 2.45) is 11.5 Å². The van der Waals surface area contributed by atoms with Crippen molar-refractivity contribution in [3.05, 3.63) is 0 Å². The Bertz CT molecular complexity index is 499. The Morgan fingerprint density at radius 2 is 1.48 bits per heavy atom. The summed E-state index contributed by atoms with van der Waals surface area (Å²) in [5, 5.41) is 21.5. The number of carbonyl (C=O) groups is 5. The van der Waals surface area contributed by atoms with Crippen LogP contribution in [0.25, 0.3) is 0 Å². The first-order valence-electron chi connectivity index (χ1n) is 6.28. The quantitative estimate of drug-likeness (QED) is 0.198. The summed E-state index contributed by atoms with van der Waals surface area (Å²) in [5.74, 6) is -5.88. The van der Waals surface area contributed by atoms with Crippen LogP contribution in [0.15, 0.2) is 0 Å². The minimum Gasteiger partial charge on any atom is -0.481 e. The smallest absolute Gasteiger partial charge is 0.326 e. The molecule has 0 unspecified atom stereocenters. The zero-order valence-corrected chi connectivity index (χ0v) is 12.8. The van der Waals surface area contributed by atoms with Crippen molar-refractivity contribution in [2.45, 2.75) is 31.0 Å². The molecule has 0 radical (unpaired) electrons. The summed E-state index contributed by atoms with van der Waals surface area (Å²) in [6.07, 6.45) is -1.50. The van der Waals surface area contributed by atoms with Crippen LogP contribution in [0.2, 0.25) is 0 Å². The Kier molecular flexibility index (Phi) is 8.65. The van der Waals surface area contributed by atoms with Crippen LogP contribution in [0.3, 0.4) is 0 Å². The number of hydrogen-bond donors (Lipinski definition) is 7. The van der Waals surface area contributed by atoms with Crippen LogP contribution < -0.4 is 22.1 Å². The first kappa shape index (κ1) is 20.7. The number of hydrogen-bond acceptors (Lipinski definition) is 7. The Balaban J connectivity index is 5.04. The normalized spacial score (nSPS) is 14.2. The van der Waals surface area contributed by atoms with Gasteiger partial charge in [-0.2, -0.15) is 12.6 Å². The van der Waals surface area contributed by atoms with Gasteiger partial charge in [0.2, 0.25) is 17.7 Å². The highest BCUT2D eigenvalue weighted by molar-refractivity contribution is 7.80. The maximum absolute atomic E-state index is 12.0. The van der Waals surface area contributed by atoms with E-state index in [2.05, 4.69) is 17.9 Å². The molecule has 0 aliphatic rings. The monoisotopic (exact) mass is 350 g/mol. The third-order valence-electron chi connectivity index (χ3n) is 2.57. The van der Waals surface area contributed by atoms with Gasteiger partial charge in [0.15, 0.2) is 0 Å². The molecule has 130 valence electrons. The average molecular weight is 350 g/mol. The highest BCUT2D eigenvalue weighted by Gasteiger charge is 2.29. The maximum Gasteiger partial charge on any atom is 0.326 e. The van der Waals surface area contributed by atoms with Gasteiger partial charge in [-0.15, -0.1) is 0 Å². The van der Waals surface area contributed by atoms with Crippen molar-refractivity contribution in [1.82, 2.24) is 10.6 Å². The molecule has 0 aromatic carbocycles. The van der Waals surface area contributed by atoms with Gasteiger partial charge in [-0.25, -0.2) is 4.79 Å². The van der Waals surface area contributed by atoms with Gasteiger partial charge >= 0.3 is 11.9 Å².